The van der Waals surface area contributed by atoms with Gasteiger partial charge in [-0.3, -0.25) is 14.7 Å². The van der Waals surface area contributed by atoms with Crippen LogP contribution in [-0.4, -0.2) is 56.8 Å². The van der Waals surface area contributed by atoms with Crippen LogP contribution in [0.4, 0.5) is 0 Å². The molecular weight excluding hydrogens is 551 g/mol. The van der Waals surface area contributed by atoms with Gasteiger partial charge >= 0.3 is 5.97 Å². The second-order valence-electron chi connectivity index (χ2n) is 8.83. The summed E-state index contributed by atoms with van der Waals surface area (Å²) in [4.78, 5) is 39.8. The van der Waals surface area contributed by atoms with Gasteiger partial charge in [0.05, 0.1) is 27.3 Å². The Labute approximate surface area is 231 Å². The summed E-state index contributed by atoms with van der Waals surface area (Å²) in [5.41, 5.74) is 2.74. The van der Waals surface area contributed by atoms with Gasteiger partial charge in [0.1, 0.15) is 11.8 Å². The number of H-pyrrole nitrogens is 1. The van der Waals surface area contributed by atoms with Crippen molar-refractivity contribution in [3.63, 3.8) is 0 Å². The first-order valence-electron chi connectivity index (χ1n) is 11.6. The summed E-state index contributed by atoms with van der Waals surface area (Å²) in [5, 5.41) is 20.8. The molecule has 0 saturated heterocycles. The van der Waals surface area contributed by atoms with E-state index in [0.717, 1.165) is 16.5 Å². The van der Waals surface area contributed by atoms with Crippen LogP contribution in [0.1, 0.15) is 37.6 Å². The van der Waals surface area contributed by atoms with Gasteiger partial charge in [-0.2, -0.15) is 5.10 Å². The van der Waals surface area contributed by atoms with Crippen LogP contribution in [0.3, 0.4) is 0 Å². The summed E-state index contributed by atoms with van der Waals surface area (Å²) < 4.78 is 5.56. The van der Waals surface area contributed by atoms with Gasteiger partial charge in [0.15, 0.2) is 5.09 Å². The fourth-order valence-corrected chi connectivity index (χ4v) is 5.65. The van der Waals surface area contributed by atoms with Crippen LogP contribution >= 0.6 is 35.0 Å². The van der Waals surface area contributed by atoms with Gasteiger partial charge in [-0.05, 0) is 54.1 Å². The molecule has 9 nitrogen and oxygen atoms in total. The maximum absolute atomic E-state index is 13.2. The molecular formula is C26H22Cl2N4O5S. The zero-order valence-corrected chi connectivity index (χ0v) is 22.4. The van der Waals surface area contributed by atoms with Crippen molar-refractivity contribution in [1.82, 2.24) is 20.4 Å². The summed E-state index contributed by atoms with van der Waals surface area (Å²) in [7, 11) is 0. The number of nitrogens with zero attached hydrogens (tertiary/aromatic N) is 2. The smallest absolute Gasteiger partial charge is 0.326 e. The number of rotatable bonds is 7. The zero-order valence-electron chi connectivity index (χ0n) is 20.1. The van der Waals surface area contributed by atoms with Gasteiger partial charge in [0.2, 0.25) is 0 Å². The molecule has 0 fully saturated rings. The van der Waals surface area contributed by atoms with Crippen molar-refractivity contribution in [2.75, 3.05) is 12.8 Å². The molecule has 0 radical (unpaired) electrons. The number of nitrogens with one attached hydrogen (secondary N) is 2. The number of fused-ring (bicyclic) bond motifs is 2. The fraction of sp³-hybridized carbons (Fsp3) is 0.231. The molecule has 1 atom stereocenters. The number of halogens is 2. The van der Waals surface area contributed by atoms with Crippen molar-refractivity contribution >= 4 is 63.7 Å². The van der Waals surface area contributed by atoms with E-state index in [1.165, 1.54) is 11.8 Å². The summed E-state index contributed by atoms with van der Waals surface area (Å²) in [6.45, 7) is 0.661. The number of aromatic amines is 1. The number of carboxylic acids is 1. The topological polar surface area (TPSA) is 129 Å². The lowest BCUT2D eigenvalue weighted by atomic mass is 9.95. The normalized spacial score (nSPS) is 13.8. The highest BCUT2D eigenvalue weighted by molar-refractivity contribution is 7.98. The molecule has 0 bridgehead atoms. The number of carbonyl (C=O) groups is 3. The van der Waals surface area contributed by atoms with Gasteiger partial charge in [-0.25, -0.2) is 4.79 Å². The predicted octanol–water partition coefficient (Wildman–Crippen LogP) is 4.81. The van der Waals surface area contributed by atoms with Crippen LogP contribution in [-0.2, 0) is 24.2 Å². The number of carboxylic acid groups (broad SMARTS) is 1. The molecule has 3 heterocycles. The second-order valence-corrected chi connectivity index (χ2v) is 10.4. The van der Waals surface area contributed by atoms with Gasteiger partial charge in [-0.1, -0.05) is 41.0 Å². The number of furan rings is 1. The molecule has 1 aliphatic heterocycles. The van der Waals surface area contributed by atoms with E-state index in [4.69, 9.17) is 27.6 Å². The van der Waals surface area contributed by atoms with Gasteiger partial charge in [0, 0.05) is 30.5 Å². The predicted molar refractivity (Wildman–Crippen MR) is 144 cm³/mol. The molecule has 0 aliphatic carbocycles. The molecule has 3 N–H and O–H groups in total. The van der Waals surface area contributed by atoms with E-state index in [1.807, 2.05) is 12.3 Å². The Bertz CT molecular complexity index is 1570. The molecule has 1 aliphatic rings. The van der Waals surface area contributed by atoms with E-state index >= 15 is 0 Å². The molecule has 12 heteroatoms. The zero-order chi connectivity index (χ0) is 27.0. The highest BCUT2D eigenvalue weighted by atomic mass is 35.5. The summed E-state index contributed by atoms with van der Waals surface area (Å²) in [5.74, 6) is -1.62. The first-order chi connectivity index (χ1) is 18.2. The van der Waals surface area contributed by atoms with Crippen LogP contribution < -0.4 is 5.32 Å². The molecule has 0 spiro atoms. The Morgan fingerprint density at radius 3 is 2.79 bits per heavy atom. The average Bonchev–Trinajstić information content (AvgIpc) is 3.56. The minimum atomic E-state index is -1.24. The Morgan fingerprint density at radius 1 is 1.24 bits per heavy atom. The third kappa shape index (κ3) is 5.11. The molecule has 2 aromatic carbocycles. The van der Waals surface area contributed by atoms with Crippen molar-refractivity contribution in [3.8, 4) is 0 Å². The van der Waals surface area contributed by atoms with Crippen LogP contribution in [0.2, 0.25) is 10.0 Å². The molecule has 0 saturated carbocycles. The third-order valence-corrected chi connectivity index (χ3v) is 7.79. The van der Waals surface area contributed by atoms with Crippen LogP contribution in [0, 0.1) is 0 Å². The molecule has 5 rings (SSSR count). The highest BCUT2D eigenvalue weighted by Gasteiger charge is 2.30. The lowest BCUT2D eigenvalue weighted by molar-refractivity contribution is -0.139. The number of carbonyl (C=O) groups excluding carboxylic acids is 2. The largest absolute Gasteiger partial charge is 0.480 e. The minimum absolute atomic E-state index is 0.00653. The van der Waals surface area contributed by atoms with Gasteiger partial charge in [-0.15, -0.1) is 0 Å². The van der Waals surface area contributed by atoms with E-state index in [1.54, 1.807) is 41.4 Å². The van der Waals surface area contributed by atoms with Crippen LogP contribution in [0.5, 0.6) is 0 Å². The molecule has 1 unspecified atom stereocenters. The van der Waals surface area contributed by atoms with Gasteiger partial charge < -0.3 is 19.7 Å². The number of amides is 2. The second kappa shape index (κ2) is 10.7. The van der Waals surface area contributed by atoms with Crippen molar-refractivity contribution in [2.45, 2.75) is 30.5 Å². The SMILES string of the molecule is CSc1ccc(CC(NC(=O)c2c(Cl)cc3c(c2Cl)CCN(C(=O)c2ccc4cn[nH]c4c2)C3)C(=O)O)o1. The first kappa shape index (κ1) is 26.1. The van der Waals surface area contributed by atoms with E-state index in [-0.39, 0.29) is 34.5 Å². The summed E-state index contributed by atoms with van der Waals surface area (Å²) in [6, 6.07) is 9.13. The first-order valence-corrected chi connectivity index (χ1v) is 13.6. The quantitative estimate of drug-likeness (QED) is 0.271. The van der Waals surface area contributed by atoms with Crippen molar-refractivity contribution in [2.24, 2.45) is 0 Å². The maximum Gasteiger partial charge on any atom is 0.326 e. The lowest BCUT2D eigenvalue weighted by Gasteiger charge is -2.30. The molecule has 2 amide bonds. The summed E-state index contributed by atoms with van der Waals surface area (Å²) in [6.07, 6.45) is 3.91. The monoisotopic (exact) mass is 572 g/mol. The molecule has 196 valence electrons. The highest BCUT2D eigenvalue weighted by Crippen LogP contribution is 2.35. The average molecular weight is 573 g/mol. The number of thioether (sulfide) groups is 1. The molecule has 4 aromatic rings. The van der Waals surface area contributed by atoms with E-state index < -0.39 is 17.9 Å². The Balaban J connectivity index is 1.34. The molecule has 2 aromatic heterocycles. The number of aromatic nitrogens is 2. The van der Waals surface area contributed by atoms with Crippen molar-refractivity contribution < 1.29 is 23.9 Å². The standard InChI is InChI=1S/C26H22Cl2N4O5S/c1-38-21-5-4-16(37-21)10-20(26(35)36)30-24(33)22-18(27)8-15-12-32(7-6-17(15)23(22)28)25(34)13-2-3-14-11-29-31-19(14)9-13/h2-5,8-9,11,20H,6-7,10,12H2,1H3,(H,29,31)(H,30,33)(H,35,36). The lowest BCUT2D eigenvalue weighted by Crippen LogP contribution is -2.42. The number of hydrogen-bond acceptors (Lipinski definition) is 6. The molecule has 38 heavy (non-hydrogen) atoms. The van der Waals surface area contributed by atoms with Crippen molar-refractivity contribution in [1.29, 1.82) is 0 Å². The number of aliphatic carboxylic acids is 1. The van der Waals surface area contributed by atoms with Gasteiger partial charge in [0.25, 0.3) is 11.8 Å². The maximum atomic E-state index is 13.2. The fourth-order valence-electron chi connectivity index (χ4n) is 4.50. The number of benzene rings is 2. The third-order valence-electron chi connectivity index (χ3n) is 6.45. The van der Waals surface area contributed by atoms with Crippen LogP contribution in [0.15, 0.2) is 52.1 Å². The Hall–Kier alpha value is -3.47. The van der Waals surface area contributed by atoms with Crippen LogP contribution in [0.25, 0.3) is 10.9 Å². The number of hydrogen-bond donors (Lipinski definition) is 3. The van der Waals surface area contributed by atoms with E-state index in [9.17, 15) is 19.5 Å². The minimum Gasteiger partial charge on any atom is -0.480 e. The summed E-state index contributed by atoms with van der Waals surface area (Å²) >= 11 is 14.5. The Kier molecular flexibility index (Phi) is 7.38. The Morgan fingerprint density at radius 2 is 2.05 bits per heavy atom. The van der Waals surface area contributed by atoms with E-state index in [0.29, 0.717) is 34.9 Å². The van der Waals surface area contributed by atoms with E-state index in [2.05, 4.69) is 15.5 Å². The van der Waals surface area contributed by atoms with Crippen molar-refractivity contribution in [3.05, 3.63) is 80.7 Å².